The van der Waals surface area contributed by atoms with Crippen LogP contribution < -0.4 is 4.74 Å². The Kier molecular flexibility index (Phi) is 5.44. The number of ketones is 1. The molecular formula is C22H27NO3. The van der Waals surface area contributed by atoms with Crippen LogP contribution >= 0.6 is 0 Å². The van der Waals surface area contributed by atoms with Gasteiger partial charge in [-0.25, -0.2) is 0 Å². The minimum absolute atomic E-state index is 0.0566. The topological polar surface area (TPSA) is 49.8 Å². The van der Waals surface area contributed by atoms with Crippen LogP contribution in [0.4, 0.5) is 0 Å². The number of piperidine rings is 1. The fourth-order valence-corrected chi connectivity index (χ4v) is 3.53. The predicted molar refractivity (Wildman–Crippen MR) is 102 cm³/mol. The predicted octanol–water partition coefficient (Wildman–Crippen LogP) is 3.74. The van der Waals surface area contributed by atoms with Crippen LogP contribution in [0, 0.1) is 0 Å². The number of likely N-dealkylation sites (tertiary alicyclic amines) is 1. The Labute approximate surface area is 155 Å². The molecule has 2 aromatic carbocycles. The number of rotatable bonds is 5. The number of carbonyl (C=O) groups excluding carboxylic acids is 1. The van der Waals surface area contributed by atoms with Gasteiger partial charge in [0, 0.05) is 31.1 Å². The molecule has 0 amide bonds. The van der Waals surface area contributed by atoms with Crippen LogP contribution in [0.5, 0.6) is 5.75 Å². The molecule has 3 rings (SSSR count). The van der Waals surface area contributed by atoms with Gasteiger partial charge >= 0.3 is 0 Å². The summed E-state index contributed by atoms with van der Waals surface area (Å²) in [7, 11) is 0. The molecular weight excluding hydrogens is 326 g/mol. The van der Waals surface area contributed by atoms with E-state index in [0.29, 0.717) is 13.1 Å². The highest BCUT2D eigenvalue weighted by Crippen LogP contribution is 2.38. The largest absolute Gasteiger partial charge is 0.491 e. The van der Waals surface area contributed by atoms with Gasteiger partial charge in [-0.05, 0) is 32.4 Å². The molecule has 4 heteroatoms. The van der Waals surface area contributed by atoms with Crippen molar-refractivity contribution < 1.29 is 14.6 Å². The average Bonchev–Trinajstić information content (AvgIpc) is 2.59. The van der Waals surface area contributed by atoms with E-state index in [1.54, 1.807) is 6.92 Å². The quantitative estimate of drug-likeness (QED) is 0.890. The number of hydrogen-bond donors (Lipinski definition) is 1. The minimum atomic E-state index is -1.32. The number of hydrogen-bond acceptors (Lipinski definition) is 4. The maximum atomic E-state index is 12.5. The van der Waals surface area contributed by atoms with Crippen LogP contribution in [-0.4, -0.2) is 34.0 Å². The van der Waals surface area contributed by atoms with Gasteiger partial charge in [-0.1, -0.05) is 48.5 Å². The van der Waals surface area contributed by atoms with E-state index in [1.807, 2.05) is 56.3 Å². The number of ether oxygens (including phenoxy) is 1. The molecule has 26 heavy (non-hydrogen) atoms. The maximum absolute atomic E-state index is 12.5. The third kappa shape index (κ3) is 4.14. The first-order valence-electron chi connectivity index (χ1n) is 9.16. The first kappa shape index (κ1) is 18.6. The molecule has 2 unspecified atom stereocenters. The van der Waals surface area contributed by atoms with Crippen LogP contribution in [0.3, 0.4) is 0 Å². The molecule has 1 saturated heterocycles. The lowest BCUT2D eigenvalue weighted by molar-refractivity contribution is -0.146. The Morgan fingerprint density at radius 3 is 2.50 bits per heavy atom. The van der Waals surface area contributed by atoms with Crippen molar-refractivity contribution in [2.45, 2.75) is 51.5 Å². The average molecular weight is 353 g/mol. The van der Waals surface area contributed by atoms with Crippen LogP contribution in [-0.2, 0) is 11.3 Å². The van der Waals surface area contributed by atoms with E-state index in [9.17, 15) is 9.90 Å². The van der Waals surface area contributed by atoms with Gasteiger partial charge in [0.1, 0.15) is 11.4 Å². The third-order valence-corrected chi connectivity index (χ3v) is 4.80. The SMILES string of the molecule is CC(C)Oc1ccccc1C1CC(=O)C(C)(O)CN1Cc1ccccc1. The van der Waals surface area contributed by atoms with Crippen LogP contribution in [0.2, 0.25) is 0 Å². The monoisotopic (exact) mass is 353 g/mol. The molecule has 0 bridgehead atoms. The normalized spacial score (nSPS) is 24.0. The van der Waals surface area contributed by atoms with E-state index in [0.717, 1.165) is 16.9 Å². The first-order valence-corrected chi connectivity index (χ1v) is 9.16. The fourth-order valence-electron chi connectivity index (χ4n) is 3.53. The van der Waals surface area contributed by atoms with E-state index in [4.69, 9.17) is 4.74 Å². The smallest absolute Gasteiger partial charge is 0.167 e. The van der Waals surface area contributed by atoms with Crippen LogP contribution in [0.15, 0.2) is 54.6 Å². The number of para-hydroxylation sites is 1. The molecule has 1 N–H and O–H groups in total. The molecule has 2 aromatic rings. The second-order valence-corrected chi connectivity index (χ2v) is 7.51. The highest BCUT2D eigenvalue weighted by molar-refractivity contribution is 5.88. The lowest BCUT2D eigenvalue weighted by Crippen LogP contribution is -2.53. The number of aliphatic hydroxyl groups is 1. The molecule has 1 fully saturated rings. The van der Waals surface area contributed by atoms with Crippen molar-refractivity contribution in [3.05, 3.63) is 65.7 Å². The van der Waals surface area contributed by atoms with Gasteiger partial charge in [0.15, 0.2) is 5.78 Å². The van der Waals surface area contributed by atoms with Crippen molar-refractivity contribution in [3.63, 3.8) is 0 Å². The standard InChI is InChI=1S/C22H27NO3/c1-16(2)26-20-12-8-7-11-18(20)19-13-21(24)22(3,25)15-23(19)14-17-9-5-4-6-10-17/h4-12,16,19,25H,13-15H2,1-3H3. The summed E-state index contributed by atoms with van der Waals surface area (Å²) in [5.74, 6) is 0.686. The highest BCUT2D eigenvalue weighted by Gasteiger charge is 2.42. The Morgan fingerprint density at radius 1 is 1.15 bits per heavy atom. The van der Waals surface area contributed by atoms with E-state index < -0.39 is 5.60 Å². The molecule has 2 atom stereocenters. The molecule has 1 aliphatic heterocycles. The van der Waals surface area contributed by atoms with E-state index in [-0.39, 0.29) is 24.3 Å². The molecule has 0 aliphatic carbocycles. The number of Topliss-reactive ketones (excluding diaryl/α,β-unsaturated/α-hetero) is 1. The van der Waals surface area contributed by atoms with Gasteiger partial charge < -0.3 is 9.84 Å². The number of nitrogens with zero attached hydrogens (tertiary/aromatic N) is 1. The second kappa shape index (κ2) is 7.60. The zero-order chi connectivity index (χ0) is 18.7. The summed E-state index contributed by atoms with van der Waals surface area (Å²) in [5, 5.41) is 10.5. The van der Waals surface area contributed by atoms with Crippen molar-refractivity contribution in [2.24, 2.45) is 0 Å². The second-order valence-electron chi connectivity index (χ2n) is 7.51. The number of β-amino-alcohol motifs (C(OH)–C–C–N with tert-alkyl or cyclic N) is 1. The summed E-state index contributed by atoms with van der Waals surface area (Å²) in [6.07, 6.45) is 0.333. The summed E-state index contributed by atoms with van der Waals surface area (Å²) < 4.78 is 5.98. The van der Waals surface area contributed by atoms with Crippen molar-refractivity contribution in [1.82, 2.24) is 4.90 Å². The molecule has 1 aliphatic rings. The van der Waals surface area contributed by atoms with Gasteiger partial charge in [-0.2, -0.15) is 0 Å². The zero-order valence-electron chi connectivity index (χ0n) is 15.7. The van der Waals surface area contributed by atoms with Crippen LogP contribution in [0.25, 0.3) is 0 Å². The Bertz CT molecular complexity index is 755. The Morgan fingerprint density at radius 2 is 1.81 bits per heavy atom. The number of benzene rings is 2. The van der Waals surface area contributed by atoms with Crippen molar-refractivity contribution in [1.29, 1.82) is 0 Å². The van der Waals surface area contributed by atoms with E-state index in [1.165, 1.54) is 0 Å². The van der Waals surface area contributed by atoms with Gasteiger partial charge in [0.25, 0.3) is 0 Å². The van der Waals surface area contributed by atoms with Gasteiger partial charge in [-0.15, -0.1) is 0 Å². The van der Waals surface area contributed by atoms with Crippen molar-refractivity contribution in [3.8, 4) is 5.75 Å². The summed E-state index contributed by atoms with van der Waals surface area (Å²) in [6, 6.07) is 17.9. The highest BCUT2D eigenvalue weighted by atomic mass is 16.5. The molecule has 0 spiro atoms. The maximum Gasteiger partial charge on any atom is 0.167 e. The molecule has 4 nitrogen and oxygen atoms in total. The van der Waals surface area contributed by atoms with Gasteiger partial charge in [0.05, 0.1) is 6.10 Å². The van der Waals surface area contributed by atoms with Crippen molar-refractivity contribution in [2.75, 3.05) is 6.54 Å². The third-order valence-electron chi connectivity index (χ3n) is 4.80. The lowest BCUT2D eigenvalue weighted by Gasteiger charge is -2.42. The van der Waals surface area contributed by atoms with Crippen molar-refractivity contribution >= 4 is 5.78 Å². The van der Waals surface area contributed by atoms with E-state index in [2.05, 4.69) is 17.0 Å². The molecule has 1 heterocycles. The summed E-state index contributed by atoms with van der Waals surface area (Å²) in [5.41, 5.74) is 0.838. The molecule has 0 radical (unpaired) electrons. The molecule has 0 saturated carbocycles. The molecule has 138 valence electrons. The first-order chi connectivity index (χ1) is 12.4. The van der Waals surface area contributed by atoms with Crippen LogP contribution in [0.1, 0.15) is 44.4 Å². The summed E-state index contributed by atoms with van der Waals surface area (Å²) in [6.45, 7) is 6.58. The lowest BCUT2D eigenvalue weighted by atomic mass is 9.85. The van der Waals surface area contributed by atoms with Gasteiger partial charge in [-0.3, -0.25) is 9.69 Å². The molecule has 0 aromatic heterocycles. The van der Waals surface area contributed by atoms with E-state index >= 15 is 0 Å². The summed E-state index contributed by atoms with van der Waals surface area (Å²) >= 11 is 0. The number of carbonyl (C=O) groups is 1. The zero-order valence-corrected chi connectivity index (χ0v) is 15.7. The fraction of sp³-hybridized carbons (Fsp3) is 0.409. The summed E-state index contributed by atoms with van der Waals surface area (Å²) in [4.78, 5) is 14.7. The minimum Gasteiger partial charge on any atom is -0.491 e. The Hall–Kier alpha value is -2.17. The Balaban J connectivity index is 1.95. The van der Waals surface area contributed by atoms with Gasteiger partial charge in [0.2, 0.25) is 0 Å².